The third-order valence-electron chi connectivity index (χ3n) is 2.22. The van der Waals surface area contributed by atoms with Crippen molar-refractivity contribution in [2.24, 2.45) is 0 Å². The van der Waals surface area contributed by atoms with Gasteiger partial charge in [-0.15, -0.1) is 21.5 Å². The summed E-state index contributed by atoms with van der Waals surface area (Å²) in [6.07, 6.45) is 0. The second-order valence-corrected chi connectivity index (χ2v) is 5.66. The summed E-state index contributed by atoms with van der Waals surface area (Å²) in [7, 11) is 0. The van der Waals surface area contributed by atoms with Crippen LogP contribution in [-0.4, -0.2) is 20.5 Å². The highest BCUT2D eigenvalue weighted by Crippen LogP contribution is 2.27. The van der Waals surface area contributed by atoms with E-state index in [9.17, 15) is 0 Å². The highest BCUT2D eigenvalue weighted by atomic mass is 32.2. The van der Waals surface area contributed by atoms with Crippen LogP contribution in [0.3, 0.4) is 0 Å². The molecule has 2 heterocycles. The van der Waals surface area contributed by atoms with Gasteiger partial charge in [-0.05, 0) is 25.3 Å². The van der Waals surface area contributed by atoms with Crippen molar-refractivity contribution in [2.75, 3.05) is 5.75 Å². The normalized spacial score (nSPS) is 10.7. The molecule has 2 aromatic heterocycles. The summed E-state index contributed by atoms with van der Waals surface area (Å²) in [5.41, 5.74) is 1.15. The Morgan fingerprint density at radius 1 is 1.53 bits per heavy atom. The van der Waals surface area contributed by atoms with Crippen molar-refractivity contribution in [1.29, 1.82) is 0 Å². The number of nitrogens with zero attached hydrogens (tertiary/aromatic N) is 3. The maximum absolute atomic E-state index is 4.28. The number of thioether (sulfide) groups is 1. The Morgan fingerprint density at radius 2 is 2.35 bits per heavy atom. The number of aromatic nitrogens is 3. The third-order valence-corrected chi connectivity index (χ3v) is 4.29. The quantitative estimate of drug-likeness (QED) is 0.610. The molecule has 0 unspecified atom stereocenters. The lowest BCUT2D eigenvalue weighted by Crippen LogP contribution is -1.99. The molecule has 90 valence electrons. The zero-order chi connectivity index (χ0) is 12.3. The first-order chi connectivity index (χ1) is 8.22. The van der Waals surface area contributed by atoms with E-state index in [-0.39, 0.29) is 0 Å². The van der Waals surface area contributed by atoms with Crippen LogP contribution in [0, 0.1) is 0 Å². The van der Waals surface area contributed by atoms with E-state index in [2.05, 4.69) is 39.7 Å². The Bertz CT molecular complexity index is 500. The summed E-state index contributed by atoms with van der Waals surface area (Å²) in [6.45, 7) is 8.94. The molecular weight excluding hydrogens is 250 g/mol. The first-order valence-corrected chi connectivity index (χ1v) is 7.33. The molecule has 3 nitrogen and oxygen atoms in total. The van der Waals surface area contributed by atoms with Crippen molar-refractivity contribution in [3.05, 3.63) is 29.7 Å². The van der Waals surface area contributed by atoms with Crippen LogP contribution in [0.5, 0.6) is 0 Å². The van der Waals surface area contributed by atoms with E-state index >= 15 is 0 Å². The molecule has 0 saturated carbocycles. The summed E-state index contributed by atoms with van der Waals surface area (Å²) in [5.74, 6) is 1.86. The van der Waals surface area contributed by atoms with E-state index in [0.717, 1.165) is 28.9 Å². The van der Waals surface area contributed by atoms with E-state index in [1.807, 2.05) is 13.0 Å². The van der Waals surface area contributed by atoms with Crippen LogP contribution in [0.4, 0.5) is 0 Å². The predicted octanol–water partition coefficient (Wildman–Crippen LogP) is 3.69. The Kier molecular flexibility index (Phi) is 4.02. The molecular formula is C12H15N3S2. The van der Waals surface area contributed by atoms with E-state index in [1.54, 1.807) is 23.1 Å². The van der Waals surface area contributed by atoms with Crippen LogP contribution >= 0.6 is 23.1 Å². The summed E-state index contributed by atoms with van der Waals surface area (Å²) in [6, 6.07) is 4.11. The zero-order valence-corrected chi connectivity index (χ0v) is 11.6. The summed E-state index contributed by atoms with van der Waals surface area (Å²) >= 11 is 3.39. The van der Waals surface area contributed by atoms with Gasteiger partial charge in [0.1, 0.15) is 0 Å². The van der Waals surface area contributed by atoms with Gasteiger partial charge in [-0.2, -0.15) is 0 Å². The lowest BCUT2D eigenvalue weighted by molar-refractivity contribution is 0.688. The van der Waals surface area contributed by atoms with E-state index in [4.69, 9.17) is 0 Å². The Labute approximate surface area is 110 Å². The number of rotatable bonds is 5. The predicted molar refractivity (Wildman–Crippen MR) is 74.5 cm³/mol. The van der Waals surface area contributed by atoms with Gasteiger partial charge in [-0.1, -0.05) is 30.0 Å². The van der Waals surface area contributed by atoms with Gasteiger partial charge in [-0.25, -0.2) is 0 Å². The minimum Gasteiger partial charge on any atom is -0.302 e. The fourth-order valence-electron chi connectivity index (χ4n) is 1.46. The summed E-state index contributed by atoms with van der Waals surface area (Å²) in [4.78, 5) is 1.17. The molecule has 2 aromatic rings. The van der Waals surface area contributed by atoms with Gasteiger partial charge in [0, 0.05) is 12.3 Å². The van der Waals surface area contributed by atoms with Crippen LogP contribution < -0.4 is 0 Å². The van der Waals surface area contributed by atoms with E-state index in [1.165, 1.54) is 4.88 Å². The Hall–Kier alpha value is -1.07. The Morgan fingerprint density at radius 3 is 2.94 bits per heavy atom. The molecule has 0 bridgehead atoms. The van der Waals surface area contributed by atoms with Gasteiger partial charge in [0.2, 0.25) is 0 Å². The van der Waals surface area contributed by atoms with Gasteiger partial charge in [-0.3, -0.25) is 0 Å². The molecule has 0 saturated heterocycles. The molecule has 2 rings (SSSR count). The Balaban J connectivity index is 2.27. The highest BCUT2D eigenvalue weighted by Gasteiger charge is 2.13. The maximum Gasteiger partial charge on any atom is 0.191 e. The molecule has 0 N–H and O–H groups in total. The van der Waals surface area contributed by atoms with Gasteiger partial charge < -0.3 is 4.57 Å². The summed E-state index contributed by atoms with van der Waals surface area (Å²) in [5, 5.41) is 11.6. The fraction of sp³-hybridized carbons (Fsp3) is 0.333. The smallest absolute Gasteiger partial charge is 0.191 e. The minimum absolute atomic E-state index is 0.888. The van der Waals surface area contributed by atoms with E-state index < -0.39 is 0 Å². The average Bonchev–Trinajstić information content (AvgIpc) is 2.94. The molecule has 5 heteroatoms. The molecule has 0 fully saturated rings. The first-order valence-electron chi connectivity index (χ1n) is 5.46. The van der Waals surface area contributed by atoms with Crippen molar-refractivity contribution in [1.82, 2.24) is 14.8 Å². The number of hydrogen-bond donors (Lipinski definition) is 0. The van der Waals surface area contributed by atoms with Crippen molar-refractivity contribution in [3.8, 4) is 10.7 Å². The second kappa shape index (κ2) is 5.51. The molecule has 0 amide bonds. The SMILES string of the molecule is C=C(C)CSc1nnc(-c2cccs2)n1CC. The second-order valence-electron chi connectivity index (χ2n) is 3.77. The van der Waals surface area contributed by atoms with E-state index in [0.29, 0.717) is 0 Å². The molecule has 0 spiro atoms. The van der Waals surface area contributed by atoms with Gasteiger partial charge in [0.25, 0.3) is 0 Å². The van der Waals surface area contributed by atoms with Crippen molar-refractivity contribution in [3.63, 3.8) is 0 Å². The van der Waals surface area contributed by atoms with Crippen LogP contribution in [0.15, 0.2) is 34.8 Å². The lowest BCUT2D eigenvalue weighted by atomic mass is 10.4. The van der Waals surface area contributed by atoms with Crippen LogP contribution in [0.1, 0.15) is 13.8 Å². The monoisotopic (exact) mass is 265 g/mol. The molecule has 17 heavy (non-hydrogen) atoms. The van der Waals surface area contributed by atoms with Crippen LogP contribution in [-0.2, 0) is 6.54 Å². The first kappa shape index (κ1) is 12.4. The van der Waals surface area contributed by atoms with Crippen molar-refractivity contribution < 1.29 is 0 Å². The standard InChI is InChI=1S/C12H15N3S2/c1-4-15-11(10-6-5-7-16-10)13-14-12(15)17-8-9(2)3/h5-7H,2,4,8H2,1,3H3. The van der Waals surface area contributed by atoms with Crippen molar-refractivity contribution in [2.45, 2.75) is 25.5 Å². The van der Waals surface area contributed by atoms with Gasteiger partial charge in [0.05, 0.1) is 4.88 Å². The molecule has 0 aliphatic heterocycles. The molecule has 0 aliphatic rings. The highest BCUT2D eigenvalue weighted by molar-refractivity contribution is 7.99. The third kappa shape index (κ3) is 2.79. The van der Waals surface area contributed by atoms with Crippen molar-refractivity contribution >= 4 is 23.1 Å². The molecule has 0 radical (unpaired) electrons. The maximum atomic E-state index is 4.28. The molecule has 0 aromatic carbocycles. The zero-order valence-electron chi connectivity index (χ0n) is 10.0. The topological polar surface area (TPSA) is 30.7 Å². The number of hydrogen-bond acceptors (Lipinski definition) is 4. The average molecular weight is 265 g/mol. The summed E-state index contributed by atoms with van der Waals surface area (Å²) < 4.78 is 2.15. The molecule has 0 atom stereocenters. The van der Waals surface area contributed by atoms with Crippen LogP contribution in [0.25, 0.3) is 10.7 Å². The fourth-order valence-corrected chi connectivity index (χ4v) is 3.02. The van der Waals surface area contributed by atoms with Gasteiger partial charge in [0.15, 0.2) is 11.0 Å². The van der Waals surface area contributed by atoms with Crippen LogP contribution in [0.2, 0.25) is 0 Å². The lowest BCUT2D eigenvalue weighted by Gasteiger charge is -2.05. The molecule has 0 aliphatic carbocycles. The minimum atomic E-state index is 0.888. The number of thiophene rings is 1. The van der Waals surface area contributed by atoms with Gasteiger partial charge >= 0.3 is 0 Å². The largest absolute Gasteiger partial charge is 0.302 e.